The molecule has 0 spiro atoms. The van der Waals surface area contributed by atoms with Gasteiger partial charge in [0.25, 0.3) is 0 Å². The van der Waals surface area contributed by atoms with Crippen LogP contribution in [-0.2, 0) is 15.1 Å². The number of carbonyl (C=O) groups excluding carboxylic acids is 2. The van der Waals surface area contributed by atoms with Crippen LogP contribution in [0.2, 0.25) is 0 Å². The smallest absolute Gasteiger partial charge is 0.414 e. The molecule has 0 aliphatic carbocycles. The highest BCUT2D eigenvalue weighted by molar-refractivity contribution is 6.05. The van der Waals surface area contributed by atoms with E-state index in [0.717, 1.165) is 5.56 Å². The number of carbonyl (C=O) groups is 2. The van der Waals surface area contributed by atoms with Gasteiger partial charge in [-0.05, 0) is 44.9 Å². The van der Waals surface area contributed by atoms with Crippen molar-refractivity contribution in [2.45, 2.75) is 51.7 Å². The molecule has 7 heteroatoms. The lowest BCUT2D eigenvalue weighted by Gasteiger charge is -2.37. The fourth-order valence-corrected chi connectivity index (χ4v) is 2.71. The molecule has 0 bridgehead atoms. The summed E-state index contributed by atoms with van der Waals surface area (Å²) in [7, 11) is 1.58. The monoisotopic (exact) mass is 346 g/mol. The summed E-state index contributed by atoms with van der Waals surface area (Å²) in [4.78, 5) is 30.7. The highest BCUT2D eigenvalue weighted by atomic mass is 16.6. The molecule has 1 aromatic rings. The first-order valence-electron chi connectivity index (χ1n) is 8.29. The Bertz CT molecular complexity index is 709. The number of aliphatic imine (C=N–C) groups is 1. The number of anilines is 1. The molecule has 0 aromatic heterocycles. The van der Waals surface area contributed by atoms with Crippen LogP contribution in [0.15, 0.2) is 29.3 Å². The van der Waals surface area contributed by atoms with E-state index in [9.17, 15) is 9.59 Å². The molecule has 0 fully saturated rings. The summed E-state index contributed by atoms with van der Waals surface area (Å²) in [6.07, 6.45) is 0.156. The molecule has 1 aliphatic heterocycles. The first-order valence-corrected chi connectivity index (χ1v) is 8.29. The molecule has 1 unspecified atom stereocenters. The first kappa shape index (κ1) is 18.8. The first-order chi connectivity index (χ1) is 11.6. The van der Waals surface area contributed by atoms with Crippen LogP contribution < -0.4 is 11.1 Å². The fraction of sp³-hybridized carbons (Fsp3) is 0.500. The number of guanidine groups is 1. The minimum absolute atomic E-state index is 0.134. The predicted octanol–water partition coefficient (Wildman–Crippen LogP) is 2.62. The molecular formula is C18H26N4O3. The van der Waals surface area contributed by atoms with E-state index < -0.39 is 17.2 Å². The number of nitrogens with one attached hydrogen (secondary N) is 1. The van der Waals surface area contributed by atoms with E-state index in [4.69, 9.17) is 15.5 Å². The Kier molecular flexibility index (Phi) is 5.06. The number of nitrogens with zero attached hydrogens (tertiary/aromatic N) is 2. The van der Waals surface area contributed by atoms with Gasteiger partial charge in [0, 0.05) is 12.7 Å². The summed E-state index contributed by atoms with van der Waals surface area (Å²) < 4.78 is 5.26. The number of benzene rings is 1. The second-order valence-electron chi connectivity index (χ2n) is 7.20. The number of rotatable bonds is 2. The minimum atomic E-state index is -0.761. The zero-order valence-electron chi connectivity index (χ0n) is 15.4. The van der Waals surface area contributed by atoms with Crippen LogP contribution in [0.3, 0.4) is 0 Å². The van der Waals surface area contributed by atoms with Crippen molar-refractivity contribution < 1.29 is 14.3 Å². The van der Waals surface area contributed by atoms with Gasteiger partial charge in [-0.2, -0.15) is 0 Å². The summed E-state index contributed by atoms with van der Waals surface area (Å²) in [5.74, 6) is 0.0418. The van der Waals surface area contributed by atoms with E-state index in [1.165, 1.54) is 4.90 Å². The SMILES string of the molecule is CCC1(c2cccc(N)c2)CC(=O)N(C)C(NC(=O)OC(C)(C)C)=N1. The average molecular weight is 346 g/mol. The molecule has 1 aliphatic rings. The molecule has 136 valence electrons. The zero-order chi connectivity index (χ0) is 18.8. The lowest BCUT2D eigenvalue weighted by atomic mass is 9.83. The normalized spacial score (nSPS) is 20.9. The Morgan fingerprint density at radius 2 is 2.12 bits per heavy atom. The molecule has 3 N–H and O–H groups in total. The summed E-state index contributed by atoms with van der Waals surface area (Å²) in [5.41, 5.74) is 5.94. The maximum Gasteiger partial charge on any atom is 0.414 e. The van der Waals surface area contributed by atoms with Gasteiger partial charge in [-0.1, -0.05) is 19.1 Å². The number of hydrogen-bond donors (Lipinski definition) is 2. The van der Waals surface area contributed by atoms with Crippen LogP contribution >= 0.6 is 0 Å². The maximum atomic E-state index is 12.5. The summed E-state index contributed by atoms with van der Waals surface area (Å²) >= 11 is 0. The zero-order valence-corrected chi connectivity index (χ0v) is 15.4. The van der Waals surface area contributed by atoms with Crippen molar-refractivity contribution in [1.29, 1.82) is 0 Å². The van der Waals surface area contributed by atoms with Crippen molar-refractivity contribution >= 4 is 23.6 Å². The summed E-state index contributed by atoms with van der Waals surface area (Å²) in [6.45, 7) is 7.27. The van der Waals surface area contributed by atoms with Crippen LogP contribution in [0.5, 0.6) is 0 Å². The van der Waals surface area contributed by atoms with Gasteiger partial charge in [-0.3, -0.25) is 15.0 Å². The third kappa shape index (κ3) is 4.29. The van der Waals surface area contributed by atoms with Gasteiger partial charge in [0.15, 0.2) is 0 Å². The van der Waals surface area contributed by atoms with Gasteiger partial charge < -0.3 is 10.5 Å². The molecule has 0 saturated heterocycles. The standard InChI is InChI=1S/C18H26N4O3/c1-6-18(12-8-7-9-13(19)10-12)11-14(23)22(5)15(21-18)20-16(24)25-17(2,3)4/h7-10H,6,11,19H2,1-5H3,(H,20,21,24). The number of nitrogen functional groups attached to an aromatic ring is 1. The van der Waals surface area contributed by atoms with Crippen LogP contribution in [0.25, 0.3) is 0 Å². The van der Waals surface area contributed by atoms with Crippen LogP contribution in [0.4, 0.5) is 10.5 Å². The highest BCUT2D eigenvalue weighted by Crippen LogP contribution is 2.37. The van der Waals surface area contributed by atoms with Crippen LogP contribution in [-0.4, -0.2) is 35.5 Å². The molecule has 2 rings (SSSR count). The largest absolute Gasteiger partial charge is 0.444 e. The number of amides is 2. The minimum Gasteiger partial charge on any atom is -0.444 e. The molecule has 25 heavy (non-hydrogen) atoms. The molecule has 2 amide bonds. The van der Waals surface area contributed by atoms with Crippen LogP contribution in [0.1, 0.15) is 46.1 Å². The number of alkyl carbamates (subject to hydrolysis) is 1. The molecule has 1 aromatic carbocycles. The Morgan fingerprint density at radius 1 is 1.44 bits per heavy atom. The predicted molar refractivity (Wildman–Crippen MR) is 97.0 cm³/mol. The average Bonchev–Trinajstić information content (AvgIpc) is 2.49. The van der Waals surface area contributed by atoms with Gasteiger partial charge in [0.2, 0.25) is 11.9 Å². The van der Waals surface area contributed by atoms with E-state index in [2.05, 4.69) is 5.32 Å². The van der Waals surface area contributed by atoms with Crippen molar-refractivity contribution in [2.24, 2.45) is 4.99 Å². The molecule has 0 radical (unpaired) electrons. The van der Waals surface area contributed by atoms with Crippen molar-refractivity contribution in [1.82, 2.24) is 10.2 Å². The molecule has 1 atom stereocenters. The highest BCUT2D eigenvalue weighted by Gasteiger charge is 2.40. The number of nitrogens with two attached hydrogens (primary N) is 1. The lowest BCUT2D eigenvalue weighted by Crippen LogP contribution is -2.52. The van der Waals surface area contributed by atoms with E-state index in [1.54, 1.807) is 33.9 Å². The van der Waals surface area contributed by atoms with Gasteiger partial charge in [0.1, 0.15) is 5.60 Å². The third-order valence-corrected chi connectivity index (χ3v) is 4.08. The third-order valence-electron chi connectivity index (χ3n) is 4.08. The Balaban J connectivity index is 2.40. The van der Waals surface area contributed by atoms with Crippen LogP contribution in [0, 0.1) is 0 Å². The molecule has 1 heterocycles. The van der Waals surface area contributed by atoms with E-state index in [1.807, 2.05) is 25.1 Å². The van der Waals surface area contributed by atoms with Crippen molar-refractivity contribution in [3.63, 3.8) is 0 Å². The van der Waals surface area contributed by atoms with Crippen molar-refractivity contribution in [3.8, 4) is 0 Å². The van der Waals surface area contributed by atoms with Gasteiger partial charge in [-0.15, -0.1) is 0 Å². The Labute approximate surface area is 148 Å². The van der Waals surface area contributed by atoms with Gasteiger partial charge in [0.05, 0.1) is 12.0 Å². The van der Waals surface area contributed by atoms with Crippen molar-refractivity contribution in [2.75, 3.05) is 12.8 Å². The summed E-state index contributed by atoms with van der Waals surface area (Å²) in [6, 6.07) is 7.33. The van der Waals surface area contributed by atoms with E-state index in [-0.39, 0.29) is 18.3 Å². The van der Waals surface area contributed by atoms with E-state index in [0.29, 0.717) is 12.1 Å². The Hall–Kier alpha value is -2.57. The second kappa shape index (κ2) is 6.74. The summed E-state index contributed by atoms with van der Waals surface area (Å²) in [5, 5.41) is 2.59. The fourth-order valence-electron chi connectivity index (χ4n) is 2.71. The molecular weight excluding hydrogens is 320 g/mol. The Morgan fingerprint density at radius 3 is 2.68 bits per heavy atom. The van der Waals surface area contributed by atoms with E-state index >= 15 is 0 Å². The number of hydrogen-bond acceptors (Lipinski definition) is 5. The topological polar surface area (TPSA) is 97.0 Å². The quantitative estimate of drug-likeness (QED) is 0.804. The van der Waals surface area contributed by atoms with Gasteiger partial charge >= 0.3 is 6.09 Å². The lowest BCUT2D eigenvalue weighted by molar-refractivity contribution is -0.128. The molecule has 7 nitrogen and oxygen atoms in total. The molecule has 0 saturated carbocycles. The van der Waals surface area contributed by atoms with Crippen molar-refractivity contribution in [3.05, 3.63) is 29.8 Å². The van der Waals surface area contributed by atoms with Gasteiger partial charge in [-0.25, -0.2) is 9.79 Å². The second-order valence-corrected chi connectivity index (χ2v) is 7.20. The maximum absolute atomic E-state index is 12.5. The number of ether oxygens (including phenoxy) is 1.